The minimum atomic E-state index is 0.0860. The molecule has 1 aliphatic rings. The molecular formula is C28H27N3O. The summed E-state index contributed by atoms with van der Waals surface area (Å²) in [4.78, 5) is 22.9. The Hall–Kier alpha value is -3.66. The molecule has 2 heterocycles. The van der Waals surface area contributed by atoms with E-state index in [1.807, 2.05) is 41.3 Å². The highest BCUT2D eigenvalue weighted by molar-refractivity contribution is 6.07. The number of fused-ring (bicyclic) bond motifs is 1. The fourth-order valence-electron chi connectivity index (χ4n) is 4.48. The van der Waals surface area contributed by atoms with Crippen LogP contribution in [0.5, 0.6) is 0 Å². The Labute approximate surface area is 189 Å². The Morgan fingerprint density at radius 3 is 2.31 bits per heavy atom. The lowest BCUT2D eigenvalue weighted by Gasteiger charge is -2.36. The summed E-state index contributed by atoms with van der Waals surface area (Å²) in [5.74, 6) is 0.0860. The van der Waals surface area contributed by atoms with Crippen LogP contribution in [0.1, 0.15) is 21.5 Å². The molecule has 3 aromatic carbocycles. The Morgan fingerprint density at radius 1 is 0.812 bits per heavy atom. The summed E-state index contributed by atoms with van der Waals surface area (Å²) in [6, 6.07) is 26.7. The predicted octanol–water partition coefficient (Wildman–Crippen LogP) is 5.48. The van der Waals surface area contributed by atoms with E-state index in [1.54, 1.807) is 0 Å². The molecule has 32 heavy (non-hydrogen) atoms. The first-order valence-corrected chi connectivity index (χ1v) is 11.2. The number of para-hydroxylation sites is 2. The lowest BCUT2D eigenvalue weighted by atomic mass is 9.98. The third-order valence-electron chi connectivity index (χ3n) is 6.30. The number of aromatic nitrogens is 1. The van der Waals surface area contributed by atoms with Crippen LogP contribution in [0.2, 0.25) is 0 Å². The lowest BCUT2D eigenvalue weighted by molar-refractivity contribution is 0.0748. The van der Waals surface area contributed by atoms with Gasteiger partial charge in [-0.05, 0) is 49.7 Å². The molecule has 0 saturated carbocycles. The number of aryl methyl sites for hydroxylation is 2. The fourth-order valence-corrected chi connectivity index (χ4v) is 4.48. The summed E-state index contributed by atoms with van der Waals surface area (Å²) in [7, 11) is 0. The van der Waals surface area contributed by atoms with Crippen LogP contribution in [0.4, 0.5) is 5.69 Å². The summed E-state index contributed by atoms with van der Waals surface area (Å²) in [6.07, 6.45) is 0. The summed E-state index contributed by atoms with van der Waals surface area (Å²) in [6.45, 7) is 7.27. The summed E-state index contributed by atoms with van der Waals surface area (Å²) in [5, 5.41) is 0.914. The van der Waals surface area contributed by atoms with Gasteiger partial charge in [-0.2, -0.15) is 0 Å². The molecule has 1 amide bonds. The Morgan fingerprint density at radius 2 is 1.53 bits per heavy atom. The van der Waals surface area contributed by atoms with Crippen molar-refractivity contribution in [2.45, 2.75) is 13.8 Å². The predicted molar refractivity (Wildman–Crippen MR) is 131 cm³/mol. The molecule has 4 nitrogen and oxygen atoms in total. The molecule has 1 saturated heterocycles. The van der Waals surface area contributed by atoms with Crippen molar-refractivity contribution in [1.29, 1.82) is 0 Å². The Bertz CT molecular complexity index is 1270. The van der Waals surface area contributed by atoms with Crippen LogP contribution in [0.3, 0.4) is 0 Å². The number of hydrogen-bond donors (Lipinski definition) is 0. The third-order valence-corrected chi connectivity index (χ3v) is 6.30. The number of rotatable bonds is 3. The minimum Gasteiger partial charge on any atom is -0.368 e. The average molecular weight is 422 g/mol. The normalized spacial score (nSPS) is 14.1. The molecule has 0 N–H and O–H groups in total. The zero-order valence-corrected chi connectivity index (χ0v) is 18.6. The topological polar surface area (TPSA) is 36.4 Å². The molecule has 5 rings (SSSR count). The van der Waals surface area contributed by atoms with Gasteiger partial charge >= 0.3 is 0 Å². The molecule has 0 radical (unpaired) electrons. The smallest absolute Gasteiger partial charge is 0.254 e. The second-order valence-electron chi connectivity index (χ2n) is 8.51. The highest BCUT2D eigenvalue weighted by atomic mass is 16.2. The van der Waals surface area contributed by atoms with E-state index < -0.39 is 0 Å². The van der Waals surface area contributed by atoms with Crippen LogP contribution in [0.15, 0.2) is 78.9 Å². The van der Waals surface area contributed by atoms with E-state index in [0.29, 0.717) is 13.1 Å². The molecule has 0 unspecified atom stereocenters. The van der Waals surface area contributed by atoms with Crippen molar-refractivity contribution in [3.05, 3.63) is 95.6 Å². The highest BCUT2D eigenvalue weighted by Crippen LogP contribution is 2.29. The van der Waals surface area contributed by atoms with Gasteiger partial charge in [0.05, 0.1) is 16.8 Å². The standard InChI is InChI=1S/C28H27N3O/c1-20-12-13-21(2)24(18-20)27-19-25(23-10-6-7-11-26(23)29-27)28(32)31-16-14-30(15-17-31)22-8-4-3-5-9-22/h3-13,18-19H,14-17H2,1-2H3. The van der Waals surface area contributed by atoms with Gasteiger partial charge < -0.3 is 9.80 Å². The molecular weight excluding hydrogens is 394 g/mol. The van der Waals surface area contributed by atoms with Gasteiger partial charge in [0.25, 0.3) is 5.91 Å². The first kappa shape index (κ1) is 20.3. The molecule has 1 aliphatic heterocycles. The quantitative estimate of drug-likeness (QED) is 0.439. The summed E-state index contributed by atoms with van der Waals surface area (Å²) < 4.78 is 0. The lowest BCUT2D eigenvalue weighted by Crippen LogP contribution is -2.48. The van der Waals surface area contributed by atoms with Crippen molar-refractivity contribution in [2.24, 2.45) is 0 Å². The largest absolute Gasteiger partial charge is 0.368 e. The van der Waals surface area contributed by atoms with Gasteiger partial charge in [0.15, 0.2) is 0 Å². The summed E-state index contributed by atoms with van der Waals surface area (Å²) >= 11 is 0. The second-order valence-corrected chi connectivity index (χ2v) is 8.51. The zero-order chi connectivity index (χ0) is 22.1. The molecule has 160 valence electrons. The summed E-state index contributed by atoms with van der Waals surface area (Å²) in [5.41, 5.74) is 7.09. The van der Waals surface area contributed by atoms with Gasteiger partial charge in [-0.3, -0.25) is 4.79 Å². The zero-order valence-electron chi connectivity index (χ0n) is 18.6. The number of nitrogens with zero attached hydrogens (tertiary/aromatic N) is 3. The Balaban J connectivity index is 1.48. The van der Waals surface area contributed by atoms with Gasteiger partial charge in [-0.25, -0.2) is 4.98 Å². The van der Waals surface area contributed by atoms with Crippen LogP contribution in [-0.4, -0.2) is 42.0 Å². The molecule has 1 fully saturated rings. The molecule has 0 spiro atoms. The van der Waals surface area contributed by atoms with Gasteiger partial charge in [0, 0.05) is 42.8 Å². The van der Waals surface area contributed by atoms with Crippen LogP contribution in [0.25, 0.3) is 22.2 Å². The van der Waals surface area contributed by atoms with Gasteiger partial charge in [0.1, 0.15) is 0 Å². The number of carbonyl (C=O) groups excluding carboxylic acids is 1. The first-order chi connectivity index (χ1) is 15.6. The molecule has 0 bridgehead atoms. The van der Waals surface area contributed by atoms with E-state index >= 15 is 0 Å². The second kappa shape index (κ2) is 8.46. The van der Waals surface area contributed by atoms with Crippen LogP contribution >= 0.6 is 0 Å². The van der Waals surface area contributed by atoms with Crippen molar-refractivity contribution in [3.8, 4) is 11.3 Å². The fraction of sp³-hybridized carbons (Fsp3) is 0.214. The van der Waals surface area contributed by atoms with Crippen molar-refractivity contribution in [3.63, 3.8) is 0 Å². The maximum Gasteiger partial charge on any atom is 0.254 e. The Kier molecular flexibility index (Phi) is 5.36. The maximum atomic E-state index is 13.7. The van der Waals surface area contributed by atoms with E-state index in [9.17, 15) is 4.79 Å². The molecule has 4 heteroatoms. The number of benzene rings is 3. The van der Waals surface area contributed by atoms with Gasteiger partial charge in [0.2, 0.25) is 0 Å². The molecule has 1 aromatic heterocycles. The van der Waals surface area contributed by atoms with Crippen molar-refractivity contribution in [2.75, 3.05) is 31.1 Å². The van der Waals surface area contributed by atoms with E-state index in [2.05, 4.69) is 61.2 Å². The highest BCUT2D eigenvalue weighted by Gasteiger charge is 2.24. The van der Waals surface area contributed by atoms with Crippen LogP contribution in [0, 0.1) is 13.8 Å². The number of carbonyl (C=O) groups is 1. The molecule has 4 aromatic rings. The van der Waals surface area contributed by atoms with E-state index in [-0.39, 0.29) is 5.91 Å². The molecule has 0 atom stereocenters. The van der Waals surface area contributed by atoms with Crippen LogP contribution < -0.4 is 4.90 Å². The van der Waals surface area contributed by atoms with E-state index in [4.69, 9.17) is 4.98 Å². The van der Waals surface area contributed by atoms with E-state index in [0.717, 1.165) is 46.4 Å². The van der Waals surface area contributed by atoms with Crippen molar-refractivity contribution in [1.82, 2.24) is 9.88 Å². The number of piperazine rings is 1. The van der Waals surface area contributed by atoms with Crippen molar-refractivity contribution < 1.29 is 4.79 Å². The van der Waals surface area contributed by atoms with Gasteiger partial charge in [-0.15, -0.1) is 0 Å². The number of hydrogen-bond acceptors (Lipinski definition) is 3. The maximum absolute atomic E-state index is 13.7. The van der Waals surface area contributed by atoms with Crippen LogP contribution in [-0.2, 0) is 0 Å². The molecule has 0 aliphatic carbocycles. The third kappa shape index (κ3) is 3.84. The number of anilines is 1. The van der Waals surface area contributed by atoms with Crippen molar-refractivity contribution >= 4 is 22.5 Å². The van der Waals surface area contributed by atoms with E-state index in [1.165, 1.54) is 11.3 Å². The number of pyridine rings is 1. The minimum absolute atomic E-state index is 0.0860. The SMILES string of the molecule is Cc1ccc(C)c(-c2cc(C(=O)N3CCN(c4ccccc4)CC3)c3ccccc3n2)c1. The average Bonchev–Trinajstić information content (AvgIpc) is 2.85. The monoisotopic (exact) mass is 421 g/mol. The first-order valence-electron chi connectivity index (χ1n) is 11.2. The number of amides is 1. The van der Waals surface area contributed by atoms with Gasteiger partial charge in [-0.1, -0.05) is 54.1 Å².